The molecule has 0 aromatic heterocycles. The van der Waals surface area contributed by atoms with Crippen LogP contribution in [0.2, 0.25) is 0 Å². The second-order valence-electron chi connectivity index (χ2n) is 5.58. The molecule has 2 rings (SSSR count). The first-order chi connectivity index (χ1) is 11.4. The Morgan fingerprint density at radius 1 is 1.08 bits per heavy atom. The molecule has 0 aliphatic heterocycles. The Balaban J connectivity index is 2.03. The van der Waals surface area contributed by atoms with Gasteiger partial charge in [-0.1, -0.05) is 23.8 Å². The second-order valence-corrected chi connectivity index (χ2v) is 5.58. The Kier molecular flexibility index (Phi) is 5.58. The number of amides is 1. The third-order valence-electron chi connectivity index (χ3n) is 3.70. The maximum absolute atomic E-state index is 12.1. The first-order valence-corrected chi connectivity index (χ1v) is 7.60. The van der Waals surface area contributed by atoms with E-state index >= 15 is 0 Å². The van der Waals surface area contributed by atoms with Crippen LogP contribution in [0.3, 0.4) is 0 Å². The Morgan fingerprint density at radius 2 is 1.83 bits per heavy atom. The molecule has 0 bridgehead atoms. The number of esters is 1. The number of aryl methyl sites for hydroxylation is 2. The van der Waals surface area contributed by atoms with Crippen molar-refractivity contribution >= 4 is 17.6 Å². The summed E-state index contributed by atoms with van der Waals surface area (Å²) in [5, 5.41) is 2.76. The average Bonchev–Trinajstić information content (AvgIpc) is 2.55. The predicted molar refractivity (Wildman–Crippen MR) is 92.6 cm³/mol. The van der Waals surface area contributed by atoms with Crippen molar-refractivity contribution < 1.29 is 19.1 Å². The van der Waals surface area contributed by atoms with Crippen molar-refractivity contribution in [1.82, 2.24) is 0 Å². The lowest BCUT2D eigenvalue weighted by Gasteiger charge is -2.13. The minimum atomic E-state index is -0.435. The topological polar surface area (TPSA) is 64.6 Å². The monoisotopic (exact) mass is 327 g/mol. The molecule has 0 spiro atoms. The van der Waals surface area contributed by atoms with Gasteiger partial charge in [0.05, 0.1) is 12.7 Å². The molecule has 0 saturated heterocycles. The van der Waals surface area contributed by atoms with Crippen LogP contribution >= 0.6 is 0 Å². The third-order valence-corrected chi connectivity index (χ3v) is 3.70. The summed E-state index contributed by atoms with van der Waals surface area (Å²) < 4.78 is 10.3. The summed E-state index contributed by atoms with van der Waals surface area (Å²) >= 11 is 0. The third kappa shape index (κ3) is 4.13. The highest BCUT2D eigenvalue weighted by atomic mass is 16.5. The van der Waals surface area contributed by atoms with Crippen LogP contribution in [0.5, 0.6) is 5.75 Å². The summed E-state index contributed by atoms with van der Waals surface area (Å²) in [4.78, 5) is 23.8. The lowest BCUT2D eigenvalue weighted by atomic mass is 10.1. The van der Waals surface area contributed by atoms with Gasteiger partial charge < -0.3 is 14.8 Å². The van der Waals surface area contributed by atoms with Gasteiger partial charge in [0.25, 0.3) is 5.91 Å². The summed E-state index contributed by atoms with van der Waals surface area (Å²) in [5.41, 5.74) is 3.76. The molecular weight excluding hydrogens is 306 g/mol. The highest BCUT2D eigenvalue weighted by molar-refractivity contribution is 5.97. The van der Waals surface area contributed by atoms with Crippen LogP contribution in [0.4, 0.5) is 5.69 Å². The van der Waals surface area contributed by atoms with Crippen molar-refractivity contribution in [2.45, 2.75) is 20.8 Å². The zero-order valence-electron chi connectivity index (χ0n) is 14.3. The number of carbonyl (C=O) groups excluding carboxylic acids is 2. The number of hydrogen-bond acceptors (Lipinski definition) is 4. The highest BCUT2D eigenvalue weighted by Crippen LogP contribution is 2.21. The van der Waals surface area contributed by atoms with Crippen LogP contribution in [0.25, 0.3) is 0 Å². The maximum Gasteiger partial charge on any atom is 0.338 e. The van der Waals surface area contributed by atoms with Gasteiger partial charge in [-0.25, -0.2) is 4.79 Å². The maximum atomic E-state index is 12.1. The van der Waals surface area contributed by atoms with Crippen LogP contribution in [0.15, 0.2) is 36.4 Å². The van der Waals surface area contributed by atoms with Crippen molar-refractivity contribution in [1.29, 1.82) is 0 Å². The number of ether oxygens (including phenoxy) is 2. The van der Waals surface area contributed by atoms with Crippen LogP contribution < -0.4 is 10.1 Å². The average molecular weight is 327 g/mol. The molecule has 1 N–H and O–H groups in total. The molecule has 126 valence electrons. The zero-order valence-corrected chi connectivity index (χ0v) is 14.3. The molecule has 0 radical (unpaired) electrons. The van der Waals surface area contributed by atoms with Crippen molar-refractivity contribution in [2.75, 3.05) is 19.0 Å². The molecule has 2 aromatic carbocycles. The molecule has 0 aliphatic carbocycles. The normalized spacial score (nSPS) is 10.2. The minimum absolute atomic E-state index is 0.105. The molecule has 5 nitrogen and oxygen atoms in total. The first kappa shape index (κ1) is 17.5. The molecule has 0 aliphatic rings. The summed E-state index contributed by atoms with van der Waals surface area (Å²) in [5.74, 6) is -0.0500. The first-order valence-electron chi connectivity index (χ1n) is 7.60. The number of benzene rings is 2. The molecule has 0 heterocycles. The molecule has 0 unspecified atom stereocenters. The smallest absolute Gasteiger partial charge is 0.338 e. The number of carbonyl (C=O) groups is 2. The van der Waals surface area contributed by atoms with Gasteiger partial charge in [-0.2, -0.15) is 0 Å². The van der Waals surface area contributed by atoms with Gasteiger partial charge in [0.2, 0.25) is 0 Å². The number of hydrogen-bond donors (Lipinski definition) is 1. The van der Waals surface area contributed by atoms with E-state index < -0.39 is 5.97 Å². The van der Waals surface area contributed by atoms with Crippen LogP contribution in [0.1, 0.15) is 27.0 Å². The quantitative estimate of drug-likeness (QED) is 0.855. The lowest BCUT2D eigenvalue weighted by molar-refractivity contribution is -0.118. The standard InChI is InChI=1S/C19H21NO4/c1-12-8-9-17(13(2)10-12)24-11-18(21)20-16-7-5-6-15(14(16)3)19(22)23-4/h5-10H,11H2,1-4H3,(H,20,21). The summed E-state index contributed by atoms with van der Waals surface area (Å²) in [7, 11) is 1.32. The van der Waals surface area contributed by atoms with E-state index in [-0.39, 0.29) is 12.5 Å². The summed E-state index contributed by atoms with van der Waals surface area (Å²) in [6.45, 7) is 5.59. The Hall–Kier alpha value is -2.82. The Bertz CT molecular complexity index is 768. The molecule has 5 heteroatoms. The number of methoxy groups -OCH3 is 1. The molecule has 0 atom stereocenters. The van der Waals surface area contributed by atoms with E-state index in [0.717, 1.165) is 11.1 Å². The van der Waals surface area contributed by atoms with E-state index in [9.17, 15) is 9.59 Å². The van der Waals surface area contributed by atoms with Gasteiger partial charge in [0, 0.05) is 5.69 Å². The second kappa shape index (κ2) is 7.64. The van der Waals surface area contributed by atoms with E-state index in [1.54, 1.807) is 25.1 Å². The van der Waals surface area contributed by atoms with Crippen molar-refractivity contribution in [3.05, 3.63) is 58.7 Å². The fourth-order valence-corrected chi connectivity index (χ4v) is 2.39. The summed E-state index contributed by atoms with van der Waals surface area (Å²) in [6, 6.07) is 10.9. The van der Waals surface area contributed by atoms with Gasteiger partial charge in [-0.05, 0) is 50.1 Å². The van der Waals surface area contributed by atoms with E-state index in [2.05, 4.69) is 5.32 Å². The number of nitrogens with one attached hydrogen (secondary N) is 1. The molecular formula is C19H21NO4. The molecule has 0 fully saturated rings. The highest BCUT2D eigenvalue weighted by Gasteiger charge is 2.13. The molecule has 0 saturated carbocycles. The van der Waals surface area contributed by atoms with Crippen LogP contribution in [0, 0.1) is 20.8 Å². The largest absolute Gasteiger partial charge is 0.483 e. The molecule has 24 heavy (non-hydrogen) atoms. The lowest BCUT2D eigenvalue weighted by Crippen LogP contribution is -2.21. The van der Waals surface area contributed by atoms with E-state index in [1.165, 1.54) is 7.11 Å². The fraction of sp³-hybridized carbons (Fsp3) is 0.263. The summed E-state index contributed by atoms with van der Waals surface area (Å²) in [6.07, 6.45) is 0. The predicted octanol–water partition coefficient (Wildman–Crippen LogP) is 3.42. The van der Waals surface area contributed by atoms with Crippen molar-refractivity contribution in [3.63, 3.8) is 0 Å². The van der Waals surface area contributed by atoms with Gasteiger partial charge in [-0.3, -0.25) is 4.79 Å². The van der Waals surface area contributed by atoms with E-state index in [1.807, 2.05) is 32.0 Å². The van der Waals surface area contributed by atoms with E-state index in [0.29, 0.717) is 22.6 Å². The zero-order chi connectivity index (χ0) is 17.7. The van der Waals surface area contributed by atoms with Gasteiger partial charge >= 0.3 is 5.97 Å². The Morgan fingerprint density at radius 3 is 2.50 bits per heavy atom. The SMILES string of the molecule is COC(=O)c1cccc(NC(=O)COc2ccc(C)cc2C)c1C. The molecule has 1 amide bonds. The van der Waals surface area contributed by atoms with Crippen molar-refractivity contribution in [2.24, 2.45) is 0 Å². The van der Waals surface area contributed by atoms with Gasteiger partial charge in [-0.15, -0.1) is 0 Å². The minimum Gasteiger partial charge on any atom is -0.483 e. The van der Waals surface area contributed by atoms with Gasteiger partial charge in [0.1, 0.15) is 5.75 Å². The number of anilines is 1. The van der Waals surface area contributed by atoms with Crippen LogP contribution in [-0.4, -0.2) is 25.6 Å². The van der Waals surface area contributed by atoms with Gasteiger partial charge in [0.15, 0.2) is 6.61 Å². The van der Waals surface area contributed by atoms with E-state index in [4.69, 9.17) is 9.47 Å². The molecule has 2 aromatic rings. The Labute approximate surface area is 141 Å². The van der Waals surface area contributed by atoms with Crippen molar-refractivity contribution in [3.8, 4) is 5.75 Å². The number of rotatable bonds is 5. The fourth-order valence-electron chi connectivity index (χ4n) is 2.39. The van der Waals surface area contributed by atoms with Crippen LogP contribution in [-0.2, 0) is 9.53 Å².